The number of fused-ring (bicyclic) bond motifs is 1. The van der Waals surface area contributed by atoms with Gasteiger partial charge < -0.3 is 20.3 Å². The summed E-state index contributed by atoms with van der Waals surface area (Å²) in [6.07, 6.45) is -0.734. The molecule has 1 aliphatic rings. The molecule has 10 heteroatoms. The molecular weight excluding hydrogens is 384 g/mol. The fourth-order valence-corrected chi connectivity index (χ4v) is 3.37. The zero-order valence-corrected chi connectivity index (χ0v) is 15.9. The highest BCUT2D eigenvalue weighted by Crippen LogP contribution is 2.33. The van der Waals surface area contributed by atoms with Gasteiger partial charge in [-0.15, -0.1) is 0 Å². The molecule has 2 aromatic carbocycles. The predicted molar refractivity (Wildman–Crippen MR) is 104 cm³/mol. The van der Waals surface area contributed by atoms with Crippen LogP contribution in [0.1, 0.15) is 0 Å². The minimum Gasteiger partial charge on any atom is -0.477 e. The van der Waals surface area contributed by atoms with Crippen molar-refractivity contribution in [3.8, 4) is 5.75 Å². The number of anilines is 2. The number of carbonyl (C=O) groups is 2. The summed E-state index contributed by atoms with van der Waals surface area (Å²) >= 11 is 0. The molecule has 0 aliphatic carbocycles. The molecule has 1 aliphatic heterocycles. The number of para-hydroxylation sites is 2. The lowest BCUT2D eigenvalue weighted by Crippen LogP contribution is -2.50. The normalized spacial score (nSPS) is 15.9. The summed E-state index contributed by atoms with van der Waals surface area (Å²) in [6, 6.07) is 12.7. The van der Waals surface area contributed by atoms with Gasteiger partial charge in [0.25, 0.3) is 5.91 Å². The zero-order chi connectivity index (χ0) is 20.3. The Bertz CT molecular complexity index is 991. The largest absolute Gasteiger partial charge is 0.477 e. The number of nitrogens with zero attached hydrogens (tertiary/aromatic N) is 1. The number of nitrogens with two attached hydrogens (primary N) is 1. The Hall–Kier alpha value is -3.11. The first-order valence-electron chi connectivity index (χ1n) is 8.43. The number of amides is 2. The van der Waals surface area contributed by atoms with E-state index < -0.39 is 16.1 Å². The van der Waals surface area contributed by atoms with E-state index in [-0.39, 0.29) is 29.8 Å². The molecule has 4 N–H and O–H groups in total. The number of nitrogens with one attached hydrogen (secondary N) is 2. The van der Waals surface area contributed by atoms with Crippen molar-refractivity contribution in [2.24, 2.45) is 5.14 Å². The van der Waals surface area contributed by atoms with Crippen molar-refractivity contribution in [3.63, 3.8) is 0 Å². The van der Waals surface area contributed by atoms with Gasteiger partial charge in [0.15, 0.2) is 6.10 Å². The Balaban J connectivity index is 1.73. The molecule has 148 valence electrons. The number of carbonyl (C=O) groups excluding carboxylic acids is 2. The molecule has 0 aromatic heterocycles. The summed E-state index contributed by atoms with van der Waals surface area (Å²) in [5.41, 5.74) is 1.14. The third-order valence-electron chi connectivity index (χ3n) is 4.20. The highest BCUT2D eigenvalue weighted by molar-refractivity contribution is 7.89. The quantitative estimate of drug-likeness (QED) is 0.656. The van der Waals surface area contributed by atoms with Crippen LogP contribution in [0.2, 0.25) is 0 Å². The zero-order valence-electron chi connectivity index (χ0n) is 15.1. The molecule has 0 radical (unpaired) electrons. The number of primary sulfonamides is 1. The fourth-order valence-electron chi connectivity index (χ4n) is 2.86. The van der Waals surface area contributed by atoms with Crippen molar-refractivity contribution in [2.45, 2.75) is 11.0 Å². The lowest BCUT2D eigenvalue weighted by atomic mass is 10.1. The van der Waals surface area contributed by atoms with E-state index in [0.717, 1.165) is 0 Å². The summed E-state index contributed by atoms with van der Waals surface area (Å²) < 4.78 is 28.3. The third-order valence-corrected chi connectivity index (χ3v) is 5.13. The Morgan fingerprint density at radius 3 is 2.50 bits per heavy atom. The van der Waals surface area contributed by atoms with Gasteiger partial charge in [-0.05, 0) is 36.4 Å². The molecule has 0 spiro atoms. The first-order valence-corrected chi connectivity index (χ1v) is 9.97. The average Bonchev–Trinajstić information content (AvgIpc) is 2.67. The number of likely N-dealkylation sites (N-methyl/N-ethyl adjacent to an activating group) is 1. The van der Waals surface area contributed by atoms with E-state index in [9.17, 15) is 18.0 Å². The van der Waals surface area contributed by atoms with Gasteiger partial charge in [-0.3, -0.25) is 9.59 Å². The van der Waals surface area contributed by atoms with Crippen LogP contribution in [0.5, 0.6) is 5.75 Å². The van der Waals surface area contributed by atoms with Crippen LogP contribution < -0.4 is 25.4 Å². The van der Waals surface area contributed by atoms with Gasteiger partial charge in [0.05, 0.1) is 23.7 Å². The summed E-state index contributed by atoms with van der Waals surface area (Å²) in [6.45, 7) is 0.208. The number of hydrogen-bond acceptors (Lipinski definition) is 6. The number of benzene rings is 2. The van der Waals surface area contributed by atoms with Crippen LogP contribution in [0.15, 0.2) is 53.4 Å². The van der Waals surface area contributed by atoms with E-state index in [2.05, 4.69) is 10.6 Å². The van der Waals surface area contributed by atoms with E-state index in [1.54, 1.807) is 17.0 Å². The molecule has 0 fully saturated rings. The summed E-state index contributed by atoms with van der Waals surface area (Å²) in [5, 5.41) is 10.3. The molecule has 2 aromatic rings. The van der Waals surface area contributed by atoms with Crippen LogP contribution in [0.4, 0.5) is 11.4 Å². The molecule has 28 heavy (non-hydrogen) atoms. The average molecular weight is 404 g/mol. The summed E-state index contributed by atoms with van der Waals surface area (Å²) in [5.74, 6) is -0.0816. The van der Waals surface area contributed by atoms with Gasteiger partial charge >= 0.3 is 0 Å². The van der Waals surface area contributed by atoms with Crippen molar-refractivity contribution in [2.75, 3.05) is 30.4 Å². The van der Waals surface area contributed by atoms with Gasteiger partial charge in [0.2, 0.25) is 15.9 Å². The molecule has 1 atom stereocenters. The number of hydrogen-bond donors (Lipinski definition) is 3. The topological polar surface area (TPSA) is 131 Å². The van der Waals surface area contributed by atoms with E-state index in [1.807, 2.05) is 12.1 Å². The molecule has 0 saturated carbocycles. The van der Waals surface area contributed by atoms with Crippen LogP contribution in [0, 0.1) is 0 Å². The summed E-state index contributed by atoms with van der Waals surface area (Å²) in [7, 11) is -2.27. The number of sulfonamides is 1. The van der Waals surface area contributed by atoms with Gasteiger partial charge in [0.1, 0.15) is 5.75 Å². The number of rotatable bonds is 5. The molecule has 9 nitrogen and oxygen atoms in total. The first kappa shape index (κ1) is 19.6. The van der Waals surface area contributed by atoms with Crippen LogP contribution >= 0.6 is 0 Å². The summed E-state index contributed by atoms with van der Waals surface area (Å²) in [4.78, 5) is 26.2. The highest BCUT2D eigenvalue weighted by Gasteiger charge is 2.31. The molecule has 3 rings (SSSR count). The van der Waals surface area contributed by atoms with Crippen molar-refractivity contribution < 1.29 is 22.7 Å². The minimum atomic E-state index is -3.79. The third kappa shape index (κ3) is 4.41. The van der Waals surface area contributed by atoms with Gasteiger partial charge in [-0.2, -0.15) is 0 Å². The predicted octanol–water partition coefficient (Wildman–Crippen LogP) is 0.286. The van der Waals surface area contributed by atoms with Crippen molar-refractivity contribution in [1.82, 2.24) is 5.32 Å². The number of ether oxygens (including phenoxy) is 1. The fraction of sp³-hybridized carbons (Fsp3) is 0.222. The van der Waals surface area contributed by atoms with Crippen molar-refractivity contribution in [3.05, 3.63) is 48.5 Å². The molecular formula is C18H20N4O5S. The Morgan fingerprint density at radius 1 is 1.18 bits per heavy atom. The van der Waals surface area contributed by atoms with E-state index in [1.165, 1.54) is 31.3 Å². The van der Waals surface area contributed by atoms with Crippen LogP contribution in [-0.2, 0) is 19.6 Å². The first-order chi connectivity index (χ1) is 13.3. The SMILES string of the molecule is CNC(=O)[C@H]1CN(CC(=O)Nc2ccc(S(N)(=O)=O)cc2)c2ccccc2O1. The molecule has 1 heterocycles. The Labute approximate surface area is 162 Å². The lowest BCUT2D eigenvalue weighted by molar-refractivity contribution is -0.127. The Kier molecular flexibility index (Phi) is 5.52. The van der Waals surface area contributed by atoms with Crippen LogP contribution in [-0.4, -0.2) is 46.5 Å². The van der Waals surface area contributed by atoms with Crippen molar-refractivity contribution >= 4 is 33.2 Å². The maximum atomic E-state index is 12.5. The Morgan fingerprint density at radius 2 is 1.86 bits per heavy atom. The van der Waals surface area contributed by atoms with E-state index >= 15 is 0 Å². The van der Waals surface area contributed by atoms with Crippen LogP contribution in [0.25, 0.3) is 0 Å². The maximum absolute atomic E-state index is 12.5. The second kappa shape index (κ2) is 7.87. The molecule has 0 unspecified atom stereocenters. The minimum absolute atomic E-state index is 0.00912. The van der Waals surface area contributed by atoms with Crippen molar-refractivity contribution in [1.29, 1.82) is 0 Å². The van der Waals surface area contributed by atoms with Crippen LogP contribution in [0.3, 0.4) is 0 Å². The van der Waals surface area contributed by atoms with E-state index in [4.69, 9.17) is 9.88 Å². The maximum Gasteiger partial charge on any atom is 0.262 e. The second-order valence-corrected chi connectivity index (χ2v) is 7.75. The molecule has 0 bridgehead atoms. The smallest absolute Gasteiger partial charge is 0.262 e. The van der Waals surface area contributed by atoms with Gasteiger partial charge in [-0.25, -0.2) is 13.6 Å². The highest BCUT2D eigenvalue weighted by atomic mass is 32.2. The van der Waals surface area contributed by atoms with E-state index in [0.29, 0.717) is 17.1 Å². The van der Waals surface area contributed by atoms with Gasteiger partial charge in [0, 0.05) is 12.7 Å². The standard InChI is InChI=1S/C18H20N4O5S/c1-20-18(24)16-10-22(14-4-2-3-5-15(14)27-16)11-17(23)21-12-6-8-13(9-7-12)28(19,25)26/h2-9,16H,10-11H2,1H3,(H,20,24)(H,21,23)(H2,19,25,26)/t16-/m1/s1. The second-order valence-electron chi connectivity index (χ2n) is 6.19. The monoisotopic (exact) mass is 404 g/mol. The molecule has 0 saturated heterocycles. The molecule has 2 amide bonds. The van der Waals surface area contributed by atoms with Gasteiger partial charge in [-0.1, -0.05) is 12.1 Å². The lowest BCUT2D eigenvalue weighted by Gasteiger charge is -2.34.